The van der Waals surface area contributed by atoms with Crippen LogP contribution in [0.5, 0.6) is 0 Å². The Morgan fingerprint density at radius 3 is 2.58 bits per heavy atom. The molecule has 0 spiro atoms. The monoisotopic (exact) mass is 177 g/mol. The number of carboxylic acid groups (broad SMARTS) is 1. The van der Waals surface area contributed by atoms with Crippen LogP contribution in [-0.2, 0) is 0 Å². The van der Waals surface area contributed by atoms with Crippen LogP contribution in [0.1, 0.15) is 12.8 Å². The molecule has 12 heavy (non-hydrogen) atoms. The lowest BCUT2D eigenvalue weighted by Gasteiger charge is -2.28. The Morgan fingerprint density at radius 1 is 1.58 bits per heavy atom. The molecule has 0 aromatic carbocycles. The van der Waals surface area contributed by atoms with Crippen molar-refractivity contribution in [2.24, 2.45) is 5.92 Å². The van der Waals surface area contributed by atoms with E-state index in [0.717, 1.165) is 4.90 Å². The summed E-state index contributed by atoms with van der Waals surface area (Å²) in [5.41, 5.74) is 0. The molecule has 2 rings (SSSR count). The molecule has 1 heterocycles. The molecule has 0 aromatic rings. The third kappa shape index (κ3) is 0.884. The van der Waals surface area contributed by atoms with E-state index >= 15 is 0 Å². The largest absolute Gasteiger partial charge is 0.465 e. The van der Waals surface area contributed by atoms with Crippen LogP contribution in [-0.4, -0.2) is 34.6 Å². The minimum absolute atomic E-state index is 0.00694. The zero-order valence-corrected chi connectivity index (χ0v) is 6.33. The summed E-state index contributed by atoms with van der Waals surface area (Å²) in [5.74, 6) is -3.37. The predicted octanol–water partition coefficient (Wildman–Crippen LogP) is 1.39. The van der Waals surface area contributed by atoms with E-state index in [1.54, 1.807) is 0 Å². The minimum atomic E-state index is -2.63. The quantitative estimate of drug-likeness (QED) is 0.607. The van der Waals surface area contributed by atoms with E-state index < -0.39 is 24.0 Å². The van der Waals surface area contributed by atoms with Gasteiger partial charge in [0.2, 0.25) is 0 Å². The maximum atomic E-state index is 12.9. The minimum Gasteiger partial charge on any atom is -0.465 e. The molecular formula is C7H9F2NO2. The van der Waals surface area contributed by atoms with Gasteiger partial charge in [0, 0.05) is 24.9 Å². The Balaban J connectivity index is 2.13. The first-order valence-electron chi connectivity index (χ1n) is 3.88. The number of hydrogen-bond donors (Lipinski definition) is 1. The Morgan fingerprint density at radius 2 is 2.25 bits per heavy atom. The highest BCUT2D eigenvalue weighted by atomic mass is 19.3. The first-order chi connectivity index (χ1) is 5.50. The van der Waals surface area contributed by atoms with Gasteiger partial charge in [-0.25, -0.2) is 13.6 Å². The molecule has 2 fully saturated rings. The molecule has 3 nitrogen and oxygen atoms in total. The molecule has 5 heteroatoms. The first-order valence-corrected chi connectivity index (χ1v) is 3.88. The predicted molar refractivity (Wildman–Crippen MR) is 36.2 cm³/mol. The van der Waals surface area contributed by atoms with Crippen molar-refractivity contribution in [3.05, 3.63) is 0 Å². The standard InChI is InChI=1S/C7H9F2NO2/c8-7(9)2-5-1-4(7)3-10(5)6(11)12/h4-5H,1-3H2,(H,11,12)/t4-,5-/m1/s1. The zero-order valence-electron chi connectivity index (χ0n) is 6.33. The normalized spacial score (nSPS) is 37.3. The van der Waals surface area contributed by atoms with Gasteiger partial charge in [-0.15, -0.1) is 0 Å². The van der Waals surface area contributed by atoms with Gasteiger partial charge in [-0.1, -0.05) is 0 Å². The van der Waals surface area contributed by atoms with Crippen molar-refractivity contribution in [1.29, 1.82) is 0 Å². The van der Waals surface area contributed by atoms with Gasteiger partial charge in [0.05, 0.1) is 0 Å². The van der Waals surface area contributed by atoms with Crippen molar-refractivity contribution >= 4 is 6.09 Å². The average molecular weight is 177 g/mol. The van der Waals surface area contributed by atoms with Crippen molar-refractivity contribution in [2.75, 3.05) is 6.54 Å². The molecule has 0 aromatic heterocycles. The number of halogens is 2. The van der Waals surface area contributed by atoms with Crippen molar-refractivity contribution in [3.63, 3.8) is 0 Å². The van der Waals surface area contributed by atoms with Crippen molar-refractivity contribution in [3.8, 4) is 0 Å². The van der Waals surface area contributed by atoms with E-state index in [2.05, 4.69) is 0 Å². The lowest BCUT2D eigenvalue weighted by molar-refractivity contribution is -0.0630. The topological polar surface area (TPSA) is 40.5 Å². The van der Waals surface area contributed by atoms with Crippen LogP contribution >= 0.6 is 0 Å². The maximum absolute atomic E-state index is 12.9. The van der Waals surface area contributed by atoms with Crippen LogP contribution < -0.4 is 0 Å². The van der Waals surface area contributed by atoms with Crippen molar-refractivity contribution in [1.82, 2.24) is 4.90 Å². The highest BCUT2D eigenvalue weighted by molar-refractivity contribution is 5.66. The number of fused-ring (bicyclic) bond motifs is 2. The summed E-state index contributed by atoms with van der Waals surface area (Å²) in [6.45, 7) is 0.00694. The molecule has 1 saturated heterocycles. The number of alkyl halides is 2. The van der Waals surface area contributed by atoms with E-state index in [0.29, 0.717) is 6.42 Å². The van der Waals surface area contributed by atoms with Gasteiger partial charge in [0.15, 0.2) is 0 Å². The zero-order chi connectivity index (χ0) is 8.93. The molecule has 2 aliphatic rings. The van der Waals surface area contributed by atoms with Gasteiger partial charge < -0.3 is 10.0 Å². The molecule has 68 valence electrons. The maximum Gasteiger partial charge on any atom is 0.407 e. The van der Waals surface area contributed by atoms with Crippen molar-refractivity contribution in [2.45, 2.75) is 24.8 Å². The SMILES string of the molecule is O=C(O)N1C[C@H]2C[C@@H]1CC2(F)F. The van der Waals surface area contributed by atoms with Crippen LogP contribution in [0.3, 0.4) is 0 Å². The van der Waals surface area contributed by atoms with Crippen LogP contribution in [0, 0.1) is 5.92 Å². The summed E-state index contributed by atoms with van der Waals surface area (Å²) in [5, 5.41) is 8.59. The van der Waals surface area contributed by atoms with Crippen LogP contribution in [0.15, 0.2) is 0 Å². The second-order valence-corrected chi connectivity index (χ2v) is 3.49. The van der Waals surface area contributed by atoms with Gasteiger partial charge in [-0.2, -0.15) is 0 Å². The second-order valence-electron chi connectivity index (χ2n) is 3.49. The molecule has 1 amide bonds. The number of hydrogen-bond acceptors (Lipinski definition) is 1. The fourth-order valence-corrected chi connectivity index (χ4v) is 2.13. The van der Waals surface area contributed by atoms with E-state index in [9.17, 15) is 13.6 Å². The van der Waals surface area contributed by atoms with Gasteiger partial charge >= 0.3 is 6.09 Å². The summed E-state index contributed by atoms with van der Waals surface area (Å²) in [7, 11) is 0. The molecule has 1 N–H and O–H groups in total. The van der Waals surface area contributed by atoms with E-state index in [1.807, 2.05) is 0 Å². The van der Waals surface area contributed by atoms with E-state index in [4.69, 9.17) is 5.11 Å². The van der Waals surface area contributed by atoms with Crippen LogP contribution in [0.25, 0.3) is 0 Å². The molecular weight excluding hydrogens is 168 g/mol. The summed E-state index contributed by atoms with van der Waals surface area (Å²) < 4.78 is 25.7. The molecule has 0 unspecified atom stereocenters. The fourth-order valence-electron chi connectivity index (χ4n) is 2.13. The highest BCUT2D eigenvalue weighted by Gasteiger charge is 2.57. The molecule has 2 bridgehead atoms. The number of nitrogens with zero attached hydrogens (tertiary/aromatic N) is 1. The highest BCUT2D eigenvalue weighted by Crippen LogP contribution is 2.47. The third-order valence-corrected chi connectivity index (χ3v) is 2.77. The number of piperidine rings is 1. The van der Waals surface area contributed by atoms with Crippen molar-refractivity contribution < 1.29 is 18.7 Å². The molecule has 1 aliphatic heterocycles. The van der Waals surface area contributed by atoms with Gasteiger partial charge in [-0.05, 0) is 6.42 Å². The number of rotatable bonds is 0. The van der Waals surface area contributed by atoms with E-state index in [-0.39, 0.29) is 13.0 Å². The van der Waals surface area contributed by atoms with Gasteiger partial charge in [0.25, 0.3) is 5.92 Å². The Kier molecular flexibility index (Phi) is 1.35. The Hall–Kier alpha value is -0.870. The van der Waals surface area contributed by atoms with E-state index in [1.165, 1.54) is 0 Å². The lowest BCUT2D eigenvalue weighted by Crippen LogP contribution is -2.43. The van der Waals surface area contributed by atoms with Crippen LogP contribution in [0.4, 0.5) is 13.6 Å². The summed E-state index contributed by atoms with van der Waals surface area (Å²) >= 11 is 0. The third-order valence-electron chi connectivity index (χ3n) is 2.77. The molecule has 2 atom stereocenters. The molecule has 1 aliphatic carbocycles. The lowest BCUT2D eigenvalue weighted by atomic mass is 10.1. The summed E-state index contributed by atoms with van der Waals surface area (Å²) in [6, 6.07) is -0.442. The fraction of sp³-hybridized carbons (Fsp3) is 0.857. The number of amides is 1. The second kappa shape index (κ2) is 2.08. The molecule has 0 radical (unpaired) electrons. The smallest absolute Gasteiger partial charge is 0.407 e. The molecule has 1 saturated carbocycles. The summed E-state index contributed by atoms with van der Waals surface area (Å²) in [4.78, 5) is 11.6. The summed E-state index contributed by atoms with van der Waals surface area (Å²) in [6.07, 6.45) is -1.03. The van der Waals surface area contributed by atoms with Gasteiger partial charge in [0.1, 0.15) is 0 Å². The van der Waals surface area contributed by atoms with Gasteiger partial charge in [-0.3, -0.25) is 0 Å². The Labute approximate surface area is 68.0 Å². The number of carbonyl (C=O) groups is 1. The first kappa shape index (κ1) is 7.76. The number of likely N-dealkylation sites (tertiary alicyclic amines) is 1. The van der Waals surface area contributed by atoms with Crippen LogP contribution in [0.2, 0.25) is 0 Å². The Bertz CT molecular complexity index is 231. The average Bonchev–Trinajstić information content (AvgIpc) is 2.40.